The molecule has 23 heavy (non-hydrogen) atoms. The van der Waals surface area contributed by atoms with Crippen molar-refractivity contribution in [2.75, 3.05) is 25.9 Å². The molecule has 0 bridgehead atoms. The van der Waals surface area contributed by atoms with Gasteiger partial charge in [0.05, 0.1) is 12.8 Å². The molecule has 1 fully saturated rings. The number of likely N-dealkylation sites (tertiary alicyclic amines) is 1. The number of nitrogens with two attached hydrogens (primary N) is 1. The summed E-state index contributed by atoms with van der Waals surface area (Å²) in [5.74, 6) is 0.0691. The van der Waals surface area contributed by atoms with Crippen LogP contribution in [0.3, 0.4) is 0 Å². The number of hydrogen-bond acceptors (Lipinski definition) is 4. The van der Waals surface area contributed by atoms with Gasteiger partial charge in [0.15, 0.2) is 5.82 Å². The Balaban J connectivity index is 2.08. The number of nitrogens with zero attached hydrogens (tertiary/aromatic N) is 1. The first-order valence-corrected chi connectivity index (χ1v) is 7.82. The zero-order valence-corrected chi connectivity index (χ0v) is 14.2. The Morgan fingerprint density at radius 3 is 2.43 bits per heavy atom. The molecule has 0 radical (unpaired) electrons. The van der Waals surface area contributed by atoms with E-state index in [0.29, 0.717) is 37.2 Å². The van der Waals surface area contributed by atoms with Crippen molar-refractivity contribution in [3.63, 3.8) is 0 Å². The van der Waals surface area contributed by atoms with Crippen molar-refractivity contribution in [1.29, 1.82) is 0 Å². The second-order valence-corrected chi connectivity index (χ2v) is 6.83. The zero-order chi connectivity index (χ0) is 17.2. The predicted octanol–water partition coefficient (Wildman–Crippen LogP) is 3.53. The molecule has 0 unspecified atom stereocenters. The summed E-state index contributed by atoms with van der Waals surface area (Å²) in [5, 5.41) is 0. The van der Waals surface area contributed by atoms with Gasteiger partial charge in [0.25, 0.3) is 0 Å². The van der Waals surface area contributed by atoms with Gasteiger partial charge in [0, 0.05) is 18.7 Å². The number of piperidine rings is 1. The quantitative estimate of drug-likeness (QED) is 0.845. The van der Waals surface area contributed by atoms with Gasteiger partial charge in [-0.25, -0.2) is 9.18 Å². The average molecular weight is 324 g/mol. The molecule has 1 saturated heterocycles. The lowest BCUT2D eigenvalue weighted by molar-refractivity contribution is 0.0204. The number of amides is 1. The van der Waals surface area contributed by atoms with E-state index in [1.54, 1.807) is 11.0 Å². The lowest BCUT2D eigenvalue weighted by Gasteiger charge is -2.34. The van der Waals surface area contributed by atoms with Crippen molar-refractivity contribution in [2.45, 2.75) is 45.1 Å². The van der Waals surface area contributed by atoms with Gasteiger partial charge >= 0.3 is 6.09 Å². The fourth-order valence-corrected chi connectivity index (χ4v) is 2.83. The third-order valence-corrected chi connectivity index (χ3v) is 3.94. The number of hydrogen-bond donors (Lipinski definition) is 1. The Labute approximate surface area is 136 Å². The maximum Gasteiger partial charge on any atom is 0.410 e. The van der Waals surface area contributed by atoms with Gasteiger partial charge in [0.2, 0.25) is 0 Å². The van der Waals surface area contributed by atoms with Crippen LogP contribution in [0, 0.1) is 5.82 Å². The highest BCUT2D eigenvalue weighted by molar-refractivity contribution is 5.68. The molecule has 0 spiro atoms. The van der Waals surface area contributed by atoms with Crippen LogP contribution in [0.5, 0.6) is 5.75 Å². The first kappa shape index (κ1) is 17.4. The third-order valence-electron chi connectivity index (χ3n) is 3.94. The smallest absolute Gasteiger partial charge is 0.410 e. The molecule has 0 aliphatic carbocycles. The molecular formula is C17H25FN2O3. The van der Waals surface area contributed by atoms with Crippen molar-refractivity contribution >= 4 is 11.8 Å². The van der Waals surface area contributed by atoms with Crippen LogP contribution in [0.2, 0.25) is 0 Å². The van der Waals surface area contributed by atoms with Crippen molar-refractivity contribution in [1.82, 2.24) is 4.90 Å². The number of nitrogen functional groups attached to an aromatic ring is 1. The lowest BCUT2D eigenvalue weighted by Crippen LogP contribution is -2.41. The molecule has 2 N–H and O–H groups in total. The Morgan fingerprint density at radius 1 is 1.30 bits per heavy atom. The van der Waals surface area contributed by atoms with E-state index in [9.17, 15) is 9.18 Å². The number of benzene rings is 1. The highest BCUT2D eigenvalue weighted by Gasteiger charge is 2.30. The molecule has 0 aromatic heterocycles. The first-order chi connectivity index (χ1) is 10.7. The highest BCUT2D eigenvalue weighted by atomic mass is 19.1. The molecule has 2 rings (SSSR count). The Morgan fingerprint density at radius 2 is 1.91 bits per heavy atom. The van der Waals surface area contributed by atoms with Gasteiger partial charge in [-0.05, 0) is 51.7 Å². The van der Waals surface area contributed by atoms with Gasteiger partial charge in [-0.2, -0.15) is 0 Å². The van der Waals surface area contributed by atoms with Gasteiger partial charge in [-0.1, -0.05) is 0 Å². The van der Waals surface area contributed by atoms with E-state index in [1.165, 1.54) is 13.2 Å². The first-order valence-electron chi connectivity index (χ1n) is 7.82. The number of ether oxygens (including phenoxy) is 2. The Kier molecular flexibility index (Phi) is 5.02. The molecule has 0 atom stereocenters. The summed E-state index contributed by atoms with van der Waals surface area (Å²) in [5.41, 5.74) is 5.80. The largest absolute Gasteiger partial charge is 0.496 e. The standard InChI is InChI=1S/C17H25FN2O3/c1-17(2,3)23-16(21)20-9-7-11(8-10-20)14-13(22-4)6-5-12(19)15(14)18/h5-6,11H,7-10,19H2,1-4H3. The summed E-state index contributed by atoms with van der Waals surface area (Å²) < 4.78 is 25.0. The minimum Gasteiger partial charge on any atom is -0.496 e. The van der Waals surface area contributed by atoms with Crippen molar-refractivity contribution < 1.29 is 18.7 Å². The predicted molar refractivity (Wildman–Crippen MR) is 87.1 cm³/mol. The SMILES string of the molecule is COc1ccc(N)c(F)c1C1CCN(C(=O)OC(C)(C)C)CC1. The van der Waals surface area contributed by atoms with E-state index < -0.39 is 11.4 Å². The molecular weight excluding hydrogens is 299 g/mol. The van der Waals surface area contributed by atoms with Crippen LogP contribution >= 0.6 is 0 Å². The van der Waals surface area contributed by atoms with Crippen LogP contribution in [-0.2, 0) is 4.74 Å². The number of rotatable bonds is 2. The van der Waals surface area contributed by atoms with Crippen LogP contribution in [-0.4, -0.2) is 36.8 Å². The topological polar surface area (TPSA) is 64.8 Å². The molecule has 1 amide bonds. The van der Waals surface area contributed by atoms with Crippen LogP contribution in [0.15, 0.2) is 12.1 Å². The highest BCUT2D eigenvalue weighted by Crippen LogP contribution is 2.38. The van der Waals surface area contributed by atoms with Crippen LogP contribution < -0.4 is 10.5 Å². The number of carbonyl (C=O) groups excluding carboxylic acids is 1. The van der Waals surface area contributed by atoms with E-state index in [0.717, 1.165) is 0 Å². The lowest BCUT2D eigenvalue weighted by atomic mass is 9.88. The fourth-order valence-electron chi connectivity index (χ4n) is 2.83. The molecule has 1 heterocycles. The minimum atomic E-state index is -0.517. The maximum absolute atomic E-state index is 14.4. The molecule has 0 saturated carbocycles. The van der Waals surface area contributed by atoms with Gasteiger partial charge < -0.3 is 20.1 Å². The van der Waals surface area contributed by atoms with Crippen molar-refractivity contribution in [3.05, 3.63) is 23.5 Å². The van der Waals surface area contributed by atoms with E-state index in [2.05, 4.69) is 0 Å². The van der Waals surface area contributed by atoms with Gasteiger partial charge in [-0.15, -0.1) is 0 Å². The van der Waals surface area contributed by atoms with Gasteiger partial charge in [0.1, 0.15) is 11.4 Å². The van der Waals surface area contributed by atoms with Crippen molar-refractivity contribution in [3.8, 4) is 5.75 Å². The summed E-state index contributed by atoms with van der Waals surface area (Å²) in [4.78, 5) is 13.8. The molecule has 1 aliphatic rings. The van der Waals surface area contributed by atoms with E-state index in [-0.39, 0.29) is 17.7 Å². The third kappa shape index (κ3) is 4.06. The van der Waals surface area contributed by atoms with Crippen LogP contribution in [0.4, 0.5) is 14.9 Å². The molecule has 1 aromatic rings. The Bertz CT molecular complexity index is 576. The molecule has 6 heteroatoms. The fraction of sp³-hybridized carbons (Fsp3) is 0.588. The van der Waals surface area contributed by atoms with Crippen LogP contribution in [0.25, 0.3) is 0 Å². The maximum atomic E-state index is 14.4. The van der Waals surface area contributed by atoms with Crippen LogP contribution in [0.1, 0.15) is 45.1 Å². The van der Waals surface area contributed by atoms with E-state index in [4.69, 9.17) is 15.2 Å². The summed E-state index contributed by atoms with van der Waals surface area (Å²) in [6.45, 7) is 6.56. The van der Waals surface area contributed by atoms with Crippen molar-refractivity contribution in [2.24, 2.45) is 0 Å². The minimum absolute atomic E-state index is 0.0212. The summed E-state index contributed by atoms with van der Waals surface area (Å²) in [7, 11) is 1.52. The van der Waals surface area contributed by atoms with E-state index in [1.807, 2.05) is 20.8 Å². The number of halogens is 1. The van der Waals surface area contributed by atoms with Gasteiger partial charge in [-0.3, -0.25) is 0 Å². The molecule has 1 aromatic carbocycles. The molecule has 128 valence electrons. The number of methoxy groups -OCH3 is 1. The average Bonchev–Trinajstić information content (AvgIpc) is 2.48. The zero-order valence-electron chi connectivity index (χ0n) is 14.2. The molecule has 1 aliphatic heterocycles. The second kappa shape index (κ2) is 6.64. The number of anilines is 1. The summed E-state index contributed by atoms with van der Waals surface area (Å²) in [6, 6.07) is 3.20. The summed E-state index contributed by atoms with van der Waals surface area (Å²) in [6.07, 6.45) is 0.974. The second-order valence-electron chi connectivity index (χ2n) is 6.83. The number of carbonyl (C=O) groups is 1. The normalized spacial score (nSPS) is 16.3. The summed E-state index contributed by atoms with van der Waals surface area (Å²) >= 11 is 0. The monoisotopic (exact) mass is 324 g/mol. The Hall–Kier alpha value is -1.98. The molecule has 5 nitrogen and oxygen atoms in total. The van der Waals surface area contributed by atoms with E-state index >= 15 is 0 Å².